The first kappa shape index (κ1) is 16.7. The van der Waals surface area contributed by atoms with Crippen molar-refractivity contribution in [3.8, 4) is 0 Å². The molecule has 118 valence electrons. The van der Waals surface area contributed by atoms with Gasteiger partial charge in [-0.3, -0.25) is 0 Å². The lowest BCUT2D eigenvalue weighted by atomic mass is 10.0. The first-order valence-corrected chi connectivity index (χ1v) is 8.73. The Bertz CT molecular complexity index is 682. The fourth-order valence-electron chi connectivity index (χ4n) is 2.26. The number of nitrogens with one attached hydrogen (secondary N) is 1. The summed E-state index contributed by atoms with van der Waals surface area (Å²) in [5, 5.41) is 9.18. The molecule has 2 aromatic rings. The maximum atomic E-state index is 12.4. The molecule has 2 rings (SSSR count). The van der Waals surface area contributed by atoms with Gasteiger partial charge in [0.1, 0.15) is 0 Å². The number of hydrogen-bond acceptors (Lipinski definition) is 3. The standard InChI is InChI=1S/C17H21NO3S/c1-14-7-9-17(10-8-14)22(20,21)18-16(11-12-19)13-15-5-3-2-4-6-15/h2-10,16,18-19H,11-13H2,1H3/t16-/m1/s1. The van der Waals surface area contributed by atoms with Crippen molar-refractivity contribution in [2.75, 3.05) is 6.61 Å². The summed E-state index contributed by atoms with van der Waals surface area (Å²) >= 11 is 0. The number of aliphatic hydroxyl groups excluding tert-OH is 1. The molecule has 22 heavy (non-hydrogen) atoms. The van der Waals surface area contributed by atoms with E-state index in [9.17, 15) is 13.5 Å². The maximum Gasteiger partial charge on any atom is 0.240 e. The van der Waals surface area contributed by atoms with E-state index in [0.717, 1.165) is 11.1 Å². The van der Waals surface area contributed by atoms with Crippen LogP contribution in [-0.4, -0.2) is 26.2 Å². The Hall–Kier alpha value is -1.69. The third-order valence-electron chi connectivity index (χ3n) is 3.46. The van der Waals surface area contributed by atoms with Crippen molar-refractivity contribution < 1.29 is 13.5 Å². The summed E-state index contributed by atoms with van der Waals surface area (Å²) in [5.74, 6) is 0. The summed E-state index contributed by atoms with van der Waals surface area (Å²) in [6.07, 6.45) is 0.923. The zero-order chi connectivity index (χ0) is 16.0. The Kier molecular flexibility index (Phi) is 5.71. The van der Waals surface area contributed by atoms with E-state index in [1.54, 1.807) is 24.3 Å². The zero-order valence-electron chi connectivity index (χ0n) is 12.6. The van der Waals surface area contributed by atoms with E-state index in [-0.39, 0.29) is 17.5 Å². The van der Waals surface area contributed by atoms with Crippen LogP contribution >= 0.6 is 0 Å². The molecule has 0 aliphatic rings. The highest BCUT2D eigenvalue weighted by molar-refractivity contribution is 7.89. The minimum Gasteiger partial charge on any atom is -0.396 e. The summed E-state index contributed by atoms with van der Waals surface area (Å²) in [5.41, 5.74) is 2.04. The van der Waals surface area contributed by atoms with Crippen molar-refractivity contribution in [3.63, 3.8) is 0 Å². The molecule has 0 radical (unpaired) electrons. The normalized spacial score (nSPS) is 13.0. The number of aryl methyl sites for hydroxylation is 1. The van der Waals surface area contributed by atoms with Crippen LogP contribution in [0.25, 0.3) is 0 Å². The van der Waals surface area contributed by atoms with E-state index >= 15 is 0 Å². The molecule has 4 nitrogen and oxygen atoms in total. The van der Waals surface area contributed by atoms with E-state index < -0.39 is 10.0 Å². The first-order valence-electron chi connectivity index (χ1n) is 7.25. The minimum absolute atomic E-state index is 0.0616. The summed E-state index contributed by atoms with van der Waals surface area (Å²) in [6, 6.07) is 16.0. The monoisotopic (exact) mass is 319 g/mol. The molecule has 0 aromatic heterocycles. The summed E-state index contributed by atoms with van der Waals surface area (Å²) in [6.45, 7) is 1.85. The number of benzene rings is 2. The van der Waals surface area contributed by atoms with Crippen LogP contribution in [0.3, 0.4) is 0 Å². The van der Waals surface area contributed by atoms with Gasteiger partial charge in [-0.15, -0.1) is 0 Å². The van der Waals surface area contributed by atoms with Gasteiger partial charge in [0.05, 0.1) is 4.90 Å². The smallest absolute Gasteiger partial charge is 0.240 e. The molecule has 1 atom stereocenters. The highest BCUT2D eigenvalue weighted by Crippen LogP contribution is 2.13. The Labute approximate surface area is 131 Å². The number of hydrogen-bond donors (Lipinski definition) is 2. The molecule has 0 aliphatic carbocycles. The molecule has 0 spiro atoms. The number of sulfonamides is 1. The van der Waals surface area contributed by atoms with Gasteiger partial charge < -0.3 is 5.11 Å². The van der Waals surface area contributed by atoms with E-state index in [1.807, 2.05) is 37.3 Å². The Morgan fingerprint density at radius 3 is 2.27 bits per heavy atom. The van der Waals surface area contributed by atoms with Gasteiger partial charge in [0.2, 0.25) is 10.0 Å². The largest absolute Gasteiger partial charge is 0.396 e. The molecule has 0 amide bonds. The third kappa shape index (κ3) is 4.66. The lowest BCUT2D eigenvalue weighted by Crippen LogP contribution is -2.37. The predicted octanol–water partition coefficient (Wildman–Crippen LogP) is 2.27. The fourth-order valence-corrected chi connectivity index (χ4v) is 3.53. The zero-order valence-corrected chi connectivity index (χ0v) is 13.4. The minimum atomic E-state index is -3.58. The fraction of sp³-hybridized carbons (Fsp3) is 0.294. The second-order valence-electron chi connectivity index (χ2n) is 5.33. The lowest BCUT2D eigenvalue weighted by Gasteiger charge is -2.18. The molecule has 0 saturated carbocycles. The maximum absolute atomic E-state index is 12.4. The van der Waals surface area contributed by atoms with Gasteiger partial charge in [-0.05, 0) is 37.5 Å². The average Bonchev–Trinajstić information content (AvgIpc) is 2.48. The van der Waals surface area contributed by atoms with E-state index in [0.29, 0.717) is 12.8 Å². The molecule has 0 unspecified atom stereocenters. The van der Waals surface area contributed by atoms with Gasteiger partial charge in [-0.2, -0.15) is 0 Å². The molecule has 0 saturated heterocycles. The molecule has 0 heterocycles. The molecule has 2 N–H and O–H groups in total. The third-order valence-corrected chi connectivity index (χ3v) is 4.99. The first-order chi connectivity index (χ1) is 10.5. The topological polar surface area (TPSA) is 66.4 Å². The molecular weight excluding hydrogens is 298 g/mol. The van der Waals surface area contributed by atoms with Crippen molar-refractivity contribution in [2.24, 2.45) is 0 Å². The van der Waals surface area contributed by atoms with Crippen LogP contribution in [0.15, 0.2) is 59.5 Å². The van der Waals surface area contributed by atoms with E-state index in [2.05, 4.69) is 4.72 Å². The number of rotatable bonds is 7. The van der Waals surface area contributed by atoms with Gasteiger partial charge in [-0.1, -0.05) is 48.0 Å². The summed E-state index contributed by atoms with van der Waals surface area (Å²) in [4.78, 5) is 0.245. The van der Waals surface area contributed by atoms with Gasteiger partial charge in [-0.25, -0.2) is 13.1 Å². The Morgan fingerprint density at radius 1 is 1.05 bits per heavy atom. The van der Waals surface area contributed by atoms with Crippen LogP contribution in [0.2, 0.25) is 0 Å². The number of aliphatic hydroxyl groups is 1. The molecular formula is C17H21NO3S. The van der Waals surface area contributed by atoms with Crippen molar-refractivity contribution >= 4 is 10.0 Å². The predicted molar refractivity (Wildman–Crippen MR) is 87.1 cm³/mol. The van der Waals surface area contributed by atoms with Crippen LogP contribution in [0.4, 0.5) is 0 Å². The van der Waals surface area contributed by atoms with E-state index in [1.165, 1.54) is 0 Å². The van der Waals surface area contributed by atoms with Gasteiger partial charge >= 0.3 is 0 Å². The van der Waals surface area contributed by atoms with Gasteiger partial charge in [0, 0.05) is 12.6 Å². The van der Waals surface area contributed by atoms with Gasteiger partial charge in [0.25, 0.3) is 0 Å². The van der Waals surface area contributed by atoms with Crippen molar-refractivity contribution in [3.05, 3.63) is 65.7 Å². The summed E-state index contributed by atoms with van der Waals surface area (Å²) < 4.78 is 27.5. The Balaban J connectivity index is 2.14. The SMILES string of the molecule is Cc1ccc(S(=O)(=O)N[C@H](CCO)Cc2ccccc2)cc1. The molecule has 0 fully saturated rings. The van der Waals surface area contributed by atoms with Crippen molar-refractivity contribution in [1.82, 2.24) is 4.72 Å². The lowest BCUT2D eigenvalue weighted by molar-refractivity contribution is 0.271. The molecule has 5 heteroatoms. The van der Waals surface area contributed by atoms with Crippen LogP contribution < -0.4 is 4.72 Å². The van der Waals surface area contributed by atoms with Gasteiger partial charge in [0.15, 0.2) is 0 Å². The molecule has 0 aliphatic heterocycles. The quantitative estimate of drug-likeness (QED) is 0.823. The van der Waals surface area contributed by atoms with Crippen LogP contribution in [-0.2, 0) is 16.4 Å². The van der Waals surface area contributed by atoms with Crippen molar-refractivity contribution in [1.29, 1.82) is 0 Å². The Morgan fingerprint density at radius 2 is 1.68 bits per heavy atom. The van der Waals surface area contributed by atoms with Crippen LogP contribution in [0.5, 0.6) is 0 Å². The molecule has 0 bridgehead atoms. The van der Waals surface area contributed by atoms with Crippen LogP contribution in [0, 0.1) is 6.92 Å². The van der Waals surface area contributed by atoms with E-state index in [4.69, 9.17) is 0 Å². The summed E-state index contributed by atoms with van der Waals surface area (Å²) in [7, 11) is -3.58. The second-order valence-corrected chi connectivity index (χ2v) is 7.05. The van der Waals surface area contributed by atoms with Crippen LogP contribution in [0.1, 0.15) is 17.5 Å². The highest BCUT2D eigenvalue weighted by Gasteiger charge is 2.20. The van der Waals surface area contributed by atoms with Crippen molar-refractivity contribution in [2.45, 2.75) is 30.7 Å². The molecule has 2 aromatic carbocycles. The second kappa shape index (κ2) is 7.54. The highest BCUT2D eigenvalue weighted by atomic mass is 32.2. The average molecular weight is 319 g/mol.